The summed E-state index contributed by atoms with van der Waals surface area (Å²) in [5, 5.41) is 2.38. The quantitative estimate of drug-likeness (QED) is 0.626. The fourth-order valence-corrected chi connectivity index (χ4v) is 2.67. The van der Waals surface area contributed by atoms with Crippen LogP contribution in [0.4, 0.5) is 23.7 Å². The lowest BCUT2D eigenvalue weighted by Gasteiger charge is -2.13. The van der Waals surface area contributed by atoms with Crippen molar-refractivity contribution < 1.29 is 32.3 Å². The highest BCUT2D eigenvalue weighted by atomic mass is 19.4. The number of rotatable bonds is 4. The standard InChI is InChI=1S/C19H14F3N3O4/c1-24-16(27)17(28)25(18(24)29)10-11-5-7-12(8-6-11)15(26)23-14-4-2-3-13(9-14)19(20,21)22/h2-9H,10H2,1H3,(H,23,26). The predicted octanol–water partition coefficient (Wildman–Crippen LogP) is 2.88. The number of carbonyl (C=O) groups is 4. The van der Waals surface area contributed by atoms with Crippen LogP contribution >= 0.6 is 0 Å². The van der Waals surface area contributed by atoms with Crippen molar-refractivity contribution in [1.29, 1.82) is 0 Å². The number of anilines is 1. The summed E-state index contributed by atoms with van der Waals surface area (Å²) in [6.45, 7) is -0.150. The van der Waals surface area contributed by atoms with Gasteiger partial charge in [-0.3, -0.25) is 24.2 Å². The number of alkyl halides is 3. The zero-order chi connectivity index (χ0) is 21.3. The molecule has 0 bridgehead atoms. The monoisotopic (exact) mass is 405 g/mol. The second-order valence-electron chi connectivity index (χ2n) is 6.27. The van der Waals surface area contributed by atoms with E-state index in [1.165, 1.54) is 43.4 Å². The molecule has 1 fully saturated rings. The number of nitrogens with one attached hydrogen (secondary N) is 1. The van der Waals surface area contributed by atoms with Crippen molar-refractivity contribution in [3.8, 4) is 0 Å². The molecule has 1 saturated heterocycles. The van der Waals surface area contributed by atoms with Crippen LogP contribution in [-0.2, 0) is 22.3 Å². The SMILES string of the molecule is CN1C(=O)C(=O)N(Cc2ccc(C(=O)Nc3cccc(C(F)(F)F)c3)cc2)C1=O. The summed E-state index contributed by atoms with van der Waals surface area (Å²) in [5.74, 6) is -2.49. The summed E-state index contributed by atoms with van der Waals surface area (Å²) in [5.41, 5.74) is -0.238. The van der Waals surface area contributed by atoms with Gasteiger partial charge in [0, 0.05) is 18.3 Å². The van der Waals surface area contributed by atoms with Gasteiger partial charge in [0.15, 0.2) is 0 Å². The summed E-state index contributed by atoms with van der Waals surface area (Å²) >= 11 is 0. The number of hydrogen-bond donors (Lipinski definition) is 1. The molecule has 0 spiro atoms. The highest BCUT2D eigenvalue weighted by Gasteiger charge is 2.42. The number of urea groups is 1. The highest BCUT2D eigenvalue weighted by molar-refractivity contribution is 6.44. The van der Waals surface area contributed by atoms with Gasteiger partial charge in [0.25, 0.3) is 5.91 Å². The van der Waals surface area contributed by atoms with Crippen molar-refractivity contribution in [2.24, 2.45) is 0 Å². The molecule has 10 heteroatoms. The van der Waals surface area contributed by atoms with Gasteiger partial charge in [0.1, 0.15) is 0 Å². The molecule has 0 aliphatic carbocycles. The maximum atomic E-state index is 12.8. The Labute approximate surface area is 162 Å². The van der Waals surface area contributed by atoms with E-state index < -0.39 is 35.5 Å². The Morgan fingerprint density at radius 1 is 1.00 bits per heavy atom. The minimum absolute atomic E-state index is 0.0105. The molecule has 29 heavy (non-hydrogen) atoms. The van der Waals surface area contributed by atoms with E-state index in [1.807, 2.05) is 0 Å². The van der Waals surface area contributed by atoms with E-state index in [0.717, 1.165) is 17.0 Å². The van der Waals surface area contributed by atoms with E-state index in [-0.39, 0.29) is 17.8 Å². The van der Waals surface area contributed by atoms with Crippen LogP contribution in [0.3, 0.4) is 0 Å². The fourth-order valence-electron chi connectivity index (χ4n) is 2.67. The average Bonchev–Trinajstić information content (AvgIpc) is 2.86. The van der Waals surface area contributed by atoms with Crippen molar-refractivity contribution in [3.63, 3.8) is 0 Å². The molecule has 0 atom stereocenters. The fraction of sp³-hybridized carbons (Fsp3) is 0.158. The first-order valence-electron chi connectivity index (χ1n) is 8.29. The Balaban J connectivity index is 1.69. The molecule has 1 heterocycles. The largest absolute Gasteiger partial charge is 0.416 e. The lowest BCUT2D eigenvalue weighted by molar-refractivity contribution is -0.143. The van der Waals surface area contributed by atoms with E-state index in [9.17, 15) is 32.3 Å². The molecule has 5 amide bonds. The minimum Gasteiger partial charge on any atom is -0.322 e. The summed E-state index contributed by atoms with van der Waals surface area (Å²) in [4.78, 5) is 48.9. The van der Waals surface area contributed by atoms with Crippen LogP contribution in [0.15, 0.2) is 48.5 Å². The summed E-state index contributed by atoms with van der Waals surface area (Å²) in [6.07, 6.45) is -4.53. The number of hydrogen-bond acceptors (Lipinski definition) is 4. The third-order valence-electron chi connectivity index (χ3n) is 4.26. The predicted molar refractivity (Wildman–Crippen MR) is 94.6 cm³/mol. The lowest BCUT2D eigenvalue weighted by atomic mass is 10.1. The van der Waals surface area contributed by atoms with Gasteiger partial charge in [-0.25, -0.2) is 4.79 Å². The Hall–Kier alpha value is -3.69. The second kappa shape index (κ2) is 7.38. The van der Waals surface area contributed by atoms with Gasteiger partial charge in [-0.05, 0) is 35.9 Å². The second-order valence-corrected chi connectivity index (χ2v) is 6.27. The number of amides is 5. The van der Waals surface area contributed by atoms with E-state index in [2.05, 4.69) is 5.32 Å². The Morgan fingerprint density at radius 2 is 1.66 bits per heavy atom. The Kier molecular flexibility index (Phi) is 5.10. The molecule has 3 rings (SSSR count). The van der Waals surface area contributed by atoms with Crippen LogP contribution in [0.5, 0.6) is 0 Å². The molecule has 1 aliphatic rings. The van der Waals surface area contributed by atoms with Gasteiger partial charge >= 0.3 is 24.0 Å². The van der Waals surface area contributed by atoms with Crippen molar-refractivity contribution in [3.05, 3.63) is 65.2 Å². The van der Waals surface area contributed by atoms with Gasteiger partial charge in [-0.15, -0.1) is 0 Å². The normalized spacial score (nSPS) is 14.6. The van der Waals surface area contributed by atoms with E-state index in [0.29, 0.717) is 10.5 Å². The molecule has 0 radical (unpaired) electrons. The molecule has 7 nitrogen and oxygen atoms in total. The molecular formula is C19H14F3N3O4. The molecule has 1 N–H and O–H groups in total. The van der Waals surface area contributed by atoms with Crippen molar-refractivity contribution in [2.45, 2.75) is 12.7 Å². The van der Waals surface area contributed by atoms with E-state index in [4.69, 9.17) is 0 Å². The zero-order valence-corrected chi connectivity index (χ0v) is 15.0. The van der Waals surface area contributed by atoms with Gasteiger partial charge in [-0.1, -0.05) is 18.2 Å². The number of likely N-dealkylation sites (N-methyl/N-ethyl adjacent to an activating group) is 1. The van der Waals surface area contributed by atoms with Gasteiger partial charge in [-0.2, -0.15) is 13.2 Å². The minimum atomic E-state index is -4.53. The maximum absolute atomic E-state index is 12.8. The lowest BCUT2D eigenvalue weighted by Crippen LogP contribution is -2.31. The van der Waals surface area contributed by atoms with Gasteiger partial charge < -0.3 is 5.32 Å². The molecule has 1 aliphatic heterocycles. The topological polar surface area (TPSA) is 86.8 Å². The highest BCUT2D eigenvalue weighted by Crippen LogP contribution is 2.30. The third-order valence-corrected chi connectivity index (χ3v) is 4.26. The van der Waals surface area contributed by atoms with Crippen LogP contribution in [0.2, 0.25) is 0 Å². The van der Waals surface area contributed by atoms with Crippen LogP contribution in [0.1, 0.15) is 21.5 Å². The smallest absolute Gasteiger partial charge is 0.322 e. The van der Waals surface area contributed by atoms with Crippen LogP contribution in [0.25, 0.3) is 0 Å². The number of halogens is 3. The summed E-state index contributed by atoms with van der Waals surface area (Å²) in [7, 11) is 1.20. The van der Waals surface area contributed by atoms with Crippen molar-refractivity contribution >= 4 is 29.4 Å². The average molecular weight is 405 g/mol. The van der Waals surface area contributed by atoms with Gasteiger partial charge in [0.2, 0.25) is 0 Å². The molecule has 0 unspecified atom stereocenters. The molecule has 0 saturated carbocycles. The van der Waals surface area contributed by atoms with E-state index >= 15 is 0 Å². The van der Waals surface area contributed by atoms with E-state index in [1.54, 1.807) is 0 Å². The Bertz CT molecular complexity index is 1000. The summed E-state index contributed by atoms with van der Waals surface area (Å²) in [6, 6.07) is 9.24. The number of imide groups is 2. The zero-order valence-electron chi connectivity index (χ0n) is 15.0. The first-order chi connectivity index (χ1) is 13.6. The Morgan fingerprint density at radius 3 is 2.21 bits per heavy atom. The molecule has 2 aromatic rings. The van der Waals surface area contributed by atoms with Gasteiger partial charge in [0.05, 0.1) is 12.1 Å². The van der Waals surface area contributed by atoms with Crippen LogP contribution < -0.4 is 5.32 Å². The molecule has 150 valence electrons. The molecule has 2 aromatic carbocycles. The number of carbonyl (C=O) groups excluding carboxylic acids is 4. The first-order valence-corrected chi connectivity index (χ1v) is 8.29. The first kappa shape index (κ1) is 20.1. The summed E-state index contributed by atoms with van der Waals surface area (Å²) < 4.78 is 38.3. The van der Waals surface area contributed by atoms with Crippen molar-refractivity contribution in [2.75, 3.05) is 12.4 Å². The molecular weight excluding hydrogens is 391 g/mol. The van der Waals surface area contributed by atoms with Crippen LogP contribution in [0, 0.1) is 0 Å². The number of benzene rings is 2. The number of nitrogens with zero attached hydrogens (tertiary/aromatic N) is 2. The third kappa shape index (κ3) is 4.10. The van der Waals surface area contributed by atoms with Crippen molar-refractivity contribution in [1.82, 2.24) is 9.80 Å². The molecule has 0 aromatic heterocycles. The maximum Gasteiger partial charge on any atom is 0.416 e. The van der Waals surface area contributed by atoms with Crippen LogP contribution in [-0.4, -0.2) is 40.6 Å².